The fraction of sp³-hybridized carbons (Fsp3) is 0.562. The van der Waals surface area contributed by atoms with Crippen molar-refractivity contribution in [2.24, 2.45) is 4.99 Å². The van der Waals surface area contributed by atoms with Gasteiger partial charge in [0.25, 0.3) is 0 Å². The van der Waals surface area contributed by atoms with Gasteiger partial charge in [0.05, 0.1) is 5.25 Å². The van der Waals surface area contributed by atoms with Crippen LogP contribution in [-0.2, 0) is 12.1 Å². The summed E-state index contributed by atoms with van der Waals surface area (Å²) < 4.78 is 93.7. The topological polar surface area (TPSA) is 45.1 Å². The molecule has 1 aromatic rings. The van der Waals surface area contributed by atoms with Gasteiger partial charge in [0.1, 0.15) is 5.75 Å². The molecular weight excluding hydrogens is 453 g/mol. The lowest BCUT2D eigenvalue weighted by Crippen LogP contribution is -2.54. The van der Waals surface area contributed by atoms with Gasteiger partial charge in [0.2, 0.25) is 0 Å². The standard InChI is InChI=1S/C16H15F7N2O2S.ClH/c1-24-12-25(2)14(26)10-4-3-9(5-8(10)6-11(14)28-12)27-7-13(17,18)15(19,20)16(21,22)23;/h3-5,11,26H,6-7H2,1-2H3;1H. The predicted octanol–water partition coefficient (Wildman–Crippen LogP) is 4.05. The zero-order valence-corrected chi connectivity index (χ0v) is 16.6. The zero-order valence-electron chi connectivity index (χ0n) is 14.9. The molecule has 3 rings (SSSR count). The first kappa shape index (κ1) is 23.9. The van der Waals surface area contributed by atoms with Crippen LogP contribution in [0.15, 0.2) is 23.2 Å². The van der Waals surface area contributed by atoms with Crippen LogP contribution in [0.1, 0.15) is 11.1 Å². The monoisotopic (exact) mass is 468 g/mol. The fourth-order valence-electron chi connectivity index (χ4n) is 3.25. The van der Waals surface area contributed by atoms with Crippen LogP contribution in [0, 0.1) is 0 Å². The number of aliphatic imine (C=N–C) groups is 1. The van der Waals surface area contributed by atoms with Gasteiger partial charge in [-0.1, -0.05) is 17.8 Å². The number of benzene rings is 1. The smallest absolute Gasteiger partial charge is 0.460 e. The van der Waals surface area contributed by atoms with Crippen molar-refractivity contribution in [3.8, 4) is 5.75 Å². The molecule has 0 bridgehead atoms. The van der Waals surface area contributed by atoms with Crippen LogP contribution < -0.4 is 4.74 Å². The number of rotatable bonds is 4. The highest BCUT2D eigenvalue weighted by molar-refractivity contribution is 8.14. The Morgan fingerprint density at radius 1 is 1.24 bits per heavy atom. The quantitative estimate of drug-likeness (QED) is 0.677. The summed E-state index contributed by atoms with van der Waals surface area (Å²) in [5.41, 5.74) is -0.406. The number of thioether (sulfide) groups is 1. The normalized spacial score (nSPS) is 25.7. The minimum Gasteiger partial charge on any atom is -0.487 e. The molecule has 1 aliphatic heterocycles. The molecule has 0 aromatic heterocycles. The van der Waals surface area contributed by atoms with Crippen molar-refractivity contribution in [3.63, 3.8) is 0 Å². The Labute approximate surface area is 171 Å². The Morgan fingerprint density at radius 3 is 2.41 bits per heavy atom. The molecule has 13 heteroatoms. The van der Waals surface area contributed by atoms with E-state index in [1.165, 1.54) is 23.9 Å². The zero-order chi connectivity index (χ0) is 21.1. The molecule has 1 aromatic carbocycles. The van der Waals surface area contributed by atoms with Crippen LogP contribution in [0.3, 0.4) is 0 Å². The Hall–Kier alpha value is -1.40. The number of aliphatic hydroxyl groups is 1. The lowest BCUT2D eigenvalue weighted by atomic mass is 10.0. The second-order valence-corrected chi connectivity index (χ2v) is 7.66. The number of amidine groups is 1. The highest BCUT2D eigenvalue weighted by Crippen LogP contribution is 2.52. The summed E-state index contributed by atoms with van der Waals surface area (Å²) in [6.45, 7) is -2.15. The van der Waals surface area contributed by atoms with Gasteiger partial charge in [-0.05, 0) is 24.1 Å². The van der Waals surface area contributed by atoms with E-state index in [1.54, 1.807) is 19.0 Å². The number of halogens is 8. The molecular formula is C16H16ClF7N2O2S. The van der Waals surface area contributed by atoms with Crippen LogP contribution in [0.4, 0.5) is 30.7 Å². The Morgan fingerprint density at radius 2 is 1.86 bits per heavy atom. The number of alkyl halides is 7. The van der Waals surface area contributed by atoms with E-state index in [2.05, 4.69) is 9.73 Å². The van der Waals surface area contributed by atoms with Gasteiger partial charge < -0.3 is 14.7 Å². The summed E-state index contributed by atoms with van der Waals surface area (Å²) >= 11 is 1.32. The van der Waals surface area contributed by atoms with Crippen molar-refractivity contribution in [2.75, 3.05) is 20.7 Å². The lowest BCUT2D eigenvalue weighted by molar-refractivity contribution is -0.358. The molecule has 0 radical (unpaired) electrons. The van der Waals surface area contributed by atoms with Crippen LogP contribution >= 0.6 is 24.2 Å². The number of nitrogens with zero attached hydrogens (tertiary/aromatic N) is 2. The van der Waals surface area contributed by atoms with Gasteiger partial charge >= 0.3 is 18.0 Å². The molecule has 0 saturated carbocycles. The SMILES string of the molecule is CN=C1SC2Cc3cc(OCC(F)(F)C(F)(F)C(F)(F)F)ccc3C2(O)N1C.Cl. The van der Waals surface area contributed by atoms with Crippen molar-refractivity contribution in [3.05, 3.63) is 29.3 Å². The molecule has 1 heterocycles. The van der Waals surface area contributed by atoms with Crippen molar-refractivity contribution in [1.82, 2.24) is 4.90 Å². The van der Waals surface area contributed by atoms with Crippen molar-refractivity contribution in [1.29, 1.82) is 0 Å². The Kier molecular flexibility index (Phi) is 6.08. The van der Waals surface area contributed by atoms with E-state index in [9.17, 15) is 35.8 Å². The maximum Gasteiger partial charge on any atom is 0.460 e. The Bertz CT molecular complexity index is 821. The molecule has 1 aliphatic carbocycles. The average Bonchev–Trinajstić information content (AvgIpc) is 3.01. The summed E-state index contributed by atoms with van der Waals surface area (Å²) in [5, 5.41) is 11.3. The number of hydrogen-bond donors (Lipinski definition) is 1. The van der Waals surface area contributed by atoms with Gasteiger partial charge in [-0.25, -0.2) is 0 Å². The van der Waals surface area contributed by atoms with E-state index < -0.39 is 30.4 Å². The predicted molar refractivity (Wildman–Crippen MR) is 95.2 cm³/mol. The molecule has 2 aliphatic rings. The highest BCUT2D eigenvalue weighted by Gasteiger charge is 2.73. The van der Waals surface area contributed by atoms with Gasteiger partial charge in [-0.2, -0.15) is 30.7 Å². The second kappa shape index (κ2) is 7.38. The van der Waals surface area contributed by atoms with Crippen LogP contribution in [0.2, 0.25) is 0 Å². The molecule has 0 spiro atoms. The minimum atomic E-state index is -6.40. The molecule has 2 atom stereocenters. The summed E-state index contributed by atoms with van der Waals surface area (Å²) in [6, 6.07) is 3.77. The summed E-state index contributed by atoms with van der Waals surface area (Å²) in [7, 11) is 3.20. The van der Waals surface area contributed by atoms with E-state index in [0.29, 0.717) is 22.7 Å². The van der Waals surface area contributed by atoms with Gasteiger partial charge in [-0.3, -0.25) is 4.99 Å². The number of hydrogen-bond acceptors (Lipinski definition) is 4. The lowest BCUT2D eigenvalue weighted by Gasteiger charge is -2.31. The van der Waals surface area contributed by atoms with Gasteiger partial charge in [0, 0.05) is 19.7 Å². The first-order valence-electron chi connectivity index (χ1n) is 7.94. The van der Waals surface area contributed by atoms with Crippen molar-refractivity contribution < 1.29 is 40.6 Å². The fourth-order valence-corrected chi connectivity index (χ4v) is 4.62. The van der Waals surface area contributed by atoms with Crippen LogP contribution in [0.5, 0.6) is 5.75 Å². The van der Waals surface area contributed by atoms with E-state index in [1.807, 2.05) is 0 Å². The average molecular weight is 469 g/mol. The molecule has 1 N–H and O–H groups in total. The minimum absolute atomic E-state index is 0. The third-order valence-corrected chi connectivity index (χ3v) is 6.25. The highest BCUT2D eigenvalue weighted by atomic mass is 35.5. The number of ether oxygens (including phenoxy) is 1. The summed E-state index contributed by atoms with van der Waals surface area (Å²) in [6.07, 6.45) is -6.09. The van der Waals surface area contributed by atoms with Crippen molar-refractivity contribution in [2.45, 2.75) is 35.4 Å². The van der Waals surface area contributed by atoms with Gasteiger partial charge in [0.15, 0.2) is 17.5 Å². The van der Waals surface area contributed by atoms with E-state index in [0.717, 1.165) is 6.07 Å². The largest absolute Gasteiger partial charge is 0.487 e. The van der Waals surface area contributed by atoms with Crippen molar-refractivity contribution >= 4 is 29.3 Å². The maximum atomic E-state index is 13.4. The van der Waals surface area contributed by atoms with Crippen LogP contribution in [0.25, 0.3) is 0 Å². The third-order valence-electron chi connectivity index (χ3n) is 4.80. The molecule has 29 heavy (non-hydrogen) atoms. The third kappa shape index (κ3) is 3.52. The van der Waals surface area contributed by atoms with E-state index in [4.69, 9.17) is 0 Å². The van der Waals surface area contributed by atoms with E-state index in [-0.39, 0.29) is 23.4 Å². The number of fused-ring (bicyclic) bond motifs is 3. The first-order valence-corrected chi connectivity index (χ1v) is 8.82. The molecule has 4 nitrogen and oxygen atoms in total. The molecule has 2 unspecified atom stereocenters. The maximum absolute atomic E-state index is 13.4. The summed E-state index contributed by atoms with van der Waals surface area (Å²) in [4.78, 5) is 5.62. The summed E-state index contributed by atoms with van der Waals surface area (Å²) in [5.74, 6) is -12.0. The van der Waals surface area contributed by atoms with Crippen LogP contribution in [-0.4, -0.2) is 59.1 Å². The second-order valence-electron chi connectivity index (χ2n) is 6.49. The van der Waals surface area contributed by atoms with Gasteiger partial charge in [-0.15, -0.1) is 12.4 Å². The molecule has 164 valence electrons. The Balaban J connectivity index is 0.00000300. The molecule has 0 amide bonds. The molecule has 1 saturated heterocycles. The first-order chi connectivity index (χ1) is 12.8. The molecule has 1 fully saturated rings. The van der Waals surface area contributed by atoms with E-state index >= 15 is 0 Å².